The van der Waals surface area contributed by atoms with Crippen LogP contribution in [-0.4, -0.2) is 24.0 Å². The van der Waals surface area contributed by atoms with Gasteiger partial charge in [-0.05, 0) is 62.2 Å². The molecule has 3 heterocycles. The molecular formula is C17H23NS2. The molecule has 1 atom stereocenters. The lowest BCUT2D eigenvalue weighted by atomic mass is 9.95. The summed E-state index contributed by atoms with van der Waals surface area (Å²) in [6.07, 6.45) is 5.43. The van der Waals surface area contributed by atoms with Crippen LogP contribution in [0, 0.1) is 0 Å². The van der Waals surface area contributed by atoms with E-state index in [0.29, 0.717) is 12.0 Å². The van der Waals surface area contributed by atoms with Crippen LogP contribution in [0.25, 0.3) is 0 Å². The molecule has 0 amide bonds. The van der Waals surface area contributed by atoms with Crippen molar-refractivity contribution in [3.63, 3.8) is 0 Å². The number of thiophene rings is 2. The number of nitrogens with zero attached hydrogens (tertiary/aromatic N) is 1. The third-order valence-corrected chi connectivity index (χ3v) is 6.34. The fraction of sp³-hybridized carbons (Fsp3) is 0.529. The van der Waals surface area contributed by atoms with Crippen molar-refractivity contribution in [1.29, 1.82) is 0 Å². The van der Waals surface area contributed by atoms with Gasteiger partial charge in [0.05, 0.1) is 0 Å². The molecule has 0 aromatic carbocycles. The molecule has 3 heteroatoms. The number of rotatable bonds is 5. The first-order valence-corrected chi connectivity index (χ1v) is 9.41. The van der Waals surface area contributed by atoms with E-state index in [1.54, 1.807) is 0 Å². The van der Waals surface area contributed by atoms with E-state index in [0.717, 1.165) is 0 Å². The lowest BCUT2D eigenvalue weighted by Crippen LogP contribution is -2.38. The molecule has 1 aliphatic heterocycles. The molecule has 0 N–H and O–H groups in total. The van der Waals surface area contributed by atoms with E-state index in [9.17, 15) is 0 Å². The van der Waals surface area contributed by atoms with E-state index >= 15 is 0 Å². The van der Waals surface area contributed by atoms with Gasteiger partial charge in [-0.2, -0.15) is 0 Å². The van der Waals surface area contributed by atoms with E-state index in [1.807, 2.05) is 22.7 Å². The van der Waals surface area contributed by atoms with Gasteiger partial charge in [0.2, 0.25) is 0 Å². The van der Waals surface area contributed by atoms with Gasteiger partial charge in [-0.25, -0.2) is 0 Å². The maximum atomic E-state index is 2.69. The Hall–Kier alpha value is -0.640. The van der Waals surface area contributed by atoms with Crippen molar-refractivity contribution >= 4 is 22.7 Å². The highest BCUT2D eigenvalue weighted by molar-refractivity contribution is 7.11. The zero-order chi connectivity index (χ0) is 13.8. The summed E-state index contributed by atoms with van der Waals surface area (Å²) in [5, 5.41) is 4.42. The lowest BCUT2D eigenvalue weighted by molar-refractivity contribution is 0.163. The minimum Gasteiger partial charge on any atom is -0.301 e. The van der Waals surface area contributed by atoms with Crippen molar-refractivity contribution in [2.24, 2.45) is 0 Å². The van der Waals surface area contributed by atoms with Crippen LogP contribution in [0.2, 0.25) is 0 Å². The maximum absolute atomic E-state index is 2.69. The van der Waals surface area contributed by atoms with Crippen LogP contribution < -0.4 is 0 Å². The second-order valence-electron chi connectivity index (χ2n) is 5.76. The molecule has 0 saturated carbocycles. The van der Waals surface area contributed by atoms with Gasteiger partial charge >= 0.3 is 0 Å². The molecule has 1 aliphatic rings. The molecule has 1 saturated heterocycles. The SMILES string of the molecule is CC(CC(c1cccs1)c1cccs1)N1CCCCC1. The van der Waals surface area contributed by atoms with Gasteiger partial charge in [0.25, 0.3) is 0 Å². The topological polar surface area (TPSA) is 3.24 Å². The van der Waals surface area contributed by atoms with Crippen molar-refractivity contribution in [2.45, 2.75) is 44.6 Å². The number of hydrogen-bond acceptors (Lipinski definition) is 3. The Bertz CT molecular complexity index is 449. The molecule has 1 nitrogen and oxygen atoms in total. The second kappa shape index (κ2) is 6.88. The smallest absolute Gasteiger partial charge is 0.0292 e. The van der Waals surface area contributed by atoms with Crippen molar-refractivity contribution in [3.05, 3.63) is 44.8 Å². The number of likely N-dealkylation sites (tertiary alicyclic amines) is 1. The monoisotopic (exact) mass is 305 g/mol. The highest BCUT2D eigenvalue weighted by Crippen LogP contribution is 2.36. The lowest BCUT2D eigenvalue weighted by Gasteiger charge is -2.34. The van der Waals surface area contributed by atoms with Gasteiger partial charge in [0.15, 0.2) is 0 Å². The molecule has 1 unspecified atom stereocenters. The number of piperidine rings is 1. The minimum atomic E-state index is 0.590. The summed E-state index contributed by atoms with van der Waals surface area (Å²) in [7, 11) is 0. The summed E-state index contributed by atoms with van der Waals surface area (Å²) in [6.45, 7) is 5.01. The standard InChI is InChI=1S/C17H23NS2/c1-14(18-9-3-2-4-10-18)13-15(16-7-5-11-19-16)17-8-6-12-20-17/h5-8,11-12,14-15H,2-4,9-10,13H2,1H3. The molecule has 0 aliphatic carbocycles. The Labute approximate surface area is 130 Å². The fourth-order valence-corrected chi connectivity index (χ4v) is 4.99. The molecular weight excluding hydrogens is 282 g/mol. The molecule has 2 aromatic rings. The quantitative estimate of drug-likeness (QED) is 0.733. The molecule has 108 valence electrons. The van der Waals surface area contributed by atoms with Gasteiger partial charge in [0.1, 0.15) is 0 Å². The average molecular weight is 306 g/mol. The first kappa shape index (κ1) is 14.3. The summed E-state index contributed by atoms with van der Waals surface area (Å²) < 4.78 is 0. The van der Waals surface area contributed by atoms with E-state index in [-0.39, 0.29) is 0 Å². The van der Waals surface area contributed by atoms with E-state index in [1.165, 1.54) is 48.5 Å². The normalized spacial score (nSPS) is 18.5. The van der Waals surface area contributed by atoms with E-state index < -0.39 is 0 Å². The fourth-order valence-electron chi connectivity index (χ4n) is 3.20. The van der Waals surface area contributed by atoms with Crippen LogP contribution in [0.5, 0.6) is 0 Å². The zero-order valence-corrected chi connectivity index (χ0v) is 13.8. The highest BCUT2D eigenvalue weighted by atomic mass is 32.1. The molecule has 0 spiro atoms. The van der Waals surface area contributed by atoms with Crippen molar-refractivity contribution in [2.75, 3.05) is 13.1 Å². The summed E-state index contributed by atoms with van der Waals surface area (Å²) in [4.78, 5) is 5.74. The van der Waals surface area contributed by atoms with Crippen LogP contribution >= 0.6 is 22.7 Å². The van der Waals surface area contributed by atoms with Crippen LogP contribution in [-0.2, 0) is 0 Å². The van der Waals surface area contributed by atoms with Crippen LogP contribution in [0.3, 0.4) is 0 Å². The first-order valence-electron chi connectivity index (χ1n) is 7.65. The van der Waals surface area contributed by atoms with Crippen LogP contribution in [0.1, 0.15) is 48.3 Å². The predicted molar refractivity (Wildman–Crippen MR) is 90.0 cm³/mol. The Balaban J connectivity index is 1.73. The van der Waals surface area contributed by atoms with Gasteiger partial charge in [-0.3, -0.25) is 0 Å². The van der Waals surface area contributed by atoms with Crippen molar-refractivity contribution < 1.29 is 0 Å². The Morgan fingerprint density at radius 3 is 2.10 bits per heavy atom. The largest absolute Gasteiger partial charge is 0.301 e. The Morgan fingerprint density at radius 2 is 1.60 bits per heavy atom. The summed E-state index contributed by atoms with van der Waals surface area (Å²) in [5.74, 6) is 0.590. The minimum absolute atomic E-state index is 0.590. The molecule has 2 aromatic heterocycles. The number of hydrogen-bond donors (Lipinski definition) is 0. The maximum Gasteiger partial charge on any atom is 0.0292 e. The van der Waals surface area contributed by atoms with Crippen molar-refractivity contribution in [1.82, 2.24) is 4.90 Å². The predicted octanol–water partition coefficient (Wildman–Crippen LogP) is 5.21. The molecule has 20 heavy (non-hydrogen) atoms. The molecule has 3 rings (SSSR count). The average Bonchev–Trinajstić information content (AvgIpc) is 3.19. The van der Waals surface area contributed by atoms with Crippen LogP contribution in [0.4, 0.5) is 0 Å². The molecule has 0 radical (unpaired) electrons. The zero-order valence-electron chi connectivity index (χ0n) is 12.1. The first-order chi connectivity index (χ1) is 9.84. The Kier molecular flexibility index (Phi) is 4.92. The third-order valence-electron chi connectivity index (χ3n) is 4.36. The van der Waals surface area contributed by atoms with Crippen molar-refractivity contribution in [3.8, 4) is 0 Å². The van der Waals surface area contributed by atoms with Gasteiger partial charge in [-0.15, -0.1) is 22.7 Å². The second-order valence-corrected chi connectivity index (χ2v) is 7.72. The summed E-state index contributed by atoms with van der Waals surface area (Å²) in [6, 6.07) is 9.67. The van der Waals surface area contributed by atoms with Crippen LogP contribution in [0.15, 0.2) is 35.0 Å². The highest BCUT2D eigenvalue weighted by Gasteiger charge is 2.23. The molecule has 0 bridgehead atoms. The van der Waals surface area contributed by atoms with E-state index in [2.05, 4.69) is 46.8 Å². The summed E-state index contributed by atoms with van der Waals surface area (Å²) >= 11 is 3.81. The van der Waals surface area contributed by atoms with E-state index in [4.69, 9.17) is 0 Å². The van der Waals surface area contributed by atoms with Gasteiger partial charge in [0, 0.05) is 21.7 Å². The third kappa shape index (κ3) is 3.33. The van der Waals surface area contributed by atoms with Gasteiger partial charge in [-0.1, -0.05) is 18.6 Å². The Morgan fingerprint density at radius 1 is 1.00 bits per heavy atom. The summed E-state index contributed by atoms with van der Waals surface area (Å²) in [5.41, 5.74) is 0. The molecule has 1 fully saturated rings. The van der Waals surface area contributed by atoms with Gasteiger partial charge < -0.3 is 4.90 Å².